The fourth-order valence-electron chi connectivity index (χ4n) is 1.68. The van der Waals surface area contributed by atoms with Crippen LogP contribution in [-0.2, 0) is 9.53 Å². The molecule has 0 aromatic heterocycles. The summed E-state index contributed by atoms with van der Waals surface area (Å²) in [6, 6.07) is 0. The SMILES string of the molecule is CCCCCCCCCC=C(I)C(F)(F)C(=O)OC. The maximum absolute atomic E-state index is 13.4. The fraction of sp³-hybridized carbons (Fsp3) is 0.786. The molecular weight excluding hydrogens is 365 g/mol. The highest BCUT2D eigenvalue weighted by molar-refractivity contribution is 14.1. The summed E-state index contributed by atoms with van der Waals surface area (Å²) in [6.45, 7) is 2.17. The lowest BCUT2D eigenvalue weighted by atomic mass is 10.1. The maximum Gasteiger partial charge on any atom is 0.382 e. The molecule has 19 heavy (non-hydrogen) atoms. The molecule has 0 unspecified atom stereocenters. The molecule has 0 N–H and O–H groups in total. The number of hydrogen-bond donors (Lipinski definition) is 0. The first-order valence-electron chi connectivity index (χ1n) is 6.79. The summed E-state index contributed by atoms with van der Waals surface area (Å²) >= 11 is 1.51. The molecule has 0 rings (SSSR count). The smallest absolute Gasteiger partial charge is 0.382 e. The van der Waals surface area contributed by atoms with E-state index in [1.54, 1.807) is 0 Å². The van der Waals surface area contributed by atoms with E-state index in [0.717, 1.165) is 26.4 Å². The summed E-state index contributed by atoms with van der Waals surface area (Å²) in [6.07, 6.45) is 10.1. The fourth-order valence-corrected chi connectivity index (χ4v) is 2.22. The molecule has 0 heterocycles. The molecule has 0 radical (unpaired) electrons. The molecule has 0 spiro atoms. The zero-order valence-corrected chi connectivity index (χ0v) is 13.8. The lowest BCUT2D eigenvalue weighted by molar-refractivity contribution is -0.162. The van der Waals surface area contributed by atoms with Crippen LogP contribution in [0.1, 0.15) is 58.3 Å². The summed E-state index contributed by atoms with van der Waals surface area (Å²) in [4.78, 5) is 10.9. The Morgan fingerprint density at radius 3 is 2.21 bits per heavy atom. The summed E-state index contributed by atoms with van der Waals surface area (Å²) in [5.74, 6) is -5.00. The molecule has 0 saturated carbocycles. The molecule has 0 saturated heterocycles. The van der Waals surface area contributed by atoms with Crippen molar-refractivity contribution in [1.29, 1.82) is 0 Å². The van der Waals surface area contributed by atoms with Crippen LogP contribution in [-0.4, -0.2) is 19.0 Å². The van der Waals surface area contributed by atoms with E-state index in [-0.39, 0.29) is 3.58 Å². The number of halogens is 3. The van der Waals surface area contributed by atoms with Gasteiger partial charge in [0.25, 0.3) is 0 Å². The predicted octanol–water partition coefficient (Wildman–Crippen LogP) is 5.25. The molecular formula is C14H23F2IO2. The number of rotatable bonds is 10. The second-order valence-corrected chi connectivity index (χ2v) is 5.69. The highest BCUT2D eigenvalue weighted by atomic mass is 127. The average molecular weight is 388 g/mol. The number of carbonyl (C=O) groups excluding carboxylic acids is 1. The average Bonchev–Trinajstić information content (AvgIpc) is 2.40. The Morgan fingerprint density at radius 2 is 1.68 bits per heavy atom. The van der Waals surface area contributed by atoms with Crippen molar-refractivity contribution in [2.24, 2.45) is 0 Å². The lowest BCUT2D eigenvalue weighted by Crippen LogP contribution is -2.30. The van der Waals surface area contributed by atoms with Gasteiger partial charge in [0.2, 0.25) is 0 Å². The second kappa shape index (κ2) is 10.6. The molecule has 0 bridgehead atoms. The van der Waals surface area contributed by atoms with Gasteiger partial charge in [0.1, 0.15) is 0 Å². The van der Waals surface area contributed by atoms with Gasteiger partial charge in [-0.3, -0.25) is 0 Å². The number of hydrogen-bond acceptors (Lipinski definition) is 2. The van der Waals surface area contributed by atoms with Crippen molar-refractivity contribution < 1.29 is 18.3 Å². The summed E-state index contributed by atoms with van der Waals surface area (Å²) < 4.78 is 30.6. The molecule has 0 aromatic carbocycles. The minimum absolute atomic E-state index is 0.247. The van der Waals surface area contributed by atoms with Crippen LogP contribution in [0.4, 0.5) is 8.78 Å². The summed E-state index contributed by atoms with van der Waals surface area (Å²) in [7, 11) is 0.969. The number of allylic oxidation sites excluding steroid dienone is 1. The Hall–Kier alpha value is -0.200. The number of esters is 1. The van der Waals surface area contributed by atoms with E-state index in [9.17, 15) is 13.6 Å². The standard InChI is InChI=1S/C14H23F2IO2/c1-3-4-5-6-7-8-9-10-11-12(17)14(15,16)13(18)19-2/h11H,3-10H2,1-2H3. The lowest BCUT2D eigenvalue weighted by Gasteiger charge is -2.12. The minimum Gasteiger partial charge on any atom is -0.464 e. The highest BCUT2D eigenvalue weighted by Crippen LogP contribution is 2.31. The van der Waals surface area contributed by atoms with E-state index in [4.69, 9.17) is 0 Å². The van der Waals surface area contributed by atoms with Crippen molar-refractivity contribution in [1.82, 2.24) is 0 Å². The zero-order chi connectivity index (χ0) is 14.7. The van der Waals surface area contributed by atoms with Crippen LogP contribution in [0.25, 0.3) is 0 Å². The number of ether oxygens (including phenoxy) is 1. The van der Waals surface area contributed by atoms with E-state index in [1.807, 2.05) is 0 Å². The van der Waals surface area contributed by atoms with Crippen LogP contribution >= 0.6 is 22.6 Å². The van der Waals surface area contributed by atoms with Crippen molar-refractivity contribution >= 4 is 28.6 Å². The number of carbonyl (C=O) groups is 1. The van der Waals surface area contributed by atoms with Gasteiger partial charge in [0.05, 0.1) is 10.7 Å². The van der Waals surface area contributed by atoms with Gasteiger partial charge in [-0.2, -0.15) is 8.78 Å². The van der Waals surface area contributed by atoms with Crippen LogP contribution < -0.4 is 0 Å². The third-order valence-electron chi connectivity index (χ3n) is 2.87. The number of unbranched alkanes of at least 4 members (excludes halogenated alkanes) is 7. The zero-order valence-electron chi connectivity index (χ0n) is 11.7. The van der Waals surface area contributed by atoms with Gasteiger partial charge >= 0.3 is 11.9 Å². The van der Waals surface area contributed by atoms with Crippen molar-refractivity contribution in [3.63, 3.8) is 0 Å². The Labute approximate surface area is 128 Å². The topological polar surface area (TPSA) is 26.3 Å². The summed E-state index contributed by atoms with van der Waals surface area (Å²) in [5.41, 5.74) is 0. The largest absolute Gasteiger partial charge is 0.464 e. The van der Waals surface area contributed by atoms with Gasteiger partial charge in [-0.05, 0) is 35.4 Å². The van der Waals surface area contributed by atoms with E-state index in [2.05, 4.69) is 11.7 Å². The van der Waals surface area contributed by atoms with Crippen LogP contribution in [0.3, 0.4) is 0 Å². The third-order valence-corrected chi connectivity index (χ3v) is 3.99. The normalized spacial score (nSPS) is 12.6. The highest BCUT2D eigenvalue weighted by Gasteiger charge is 2.43. The molecule has 0 aliphatic rings. The molecule has 0 amide bonds. The molecule has 112 valence electrons. The van der Waals surface area contributed by atoms with Crippen LogP contribution in [0.5, 0.6) is 0 Å². The van der Waals surface area contributed by atoms with Crippen molar-refractivity contribution in [3.05, 3.63) is 9.66 Å². The van der Waals surface area contributed by atoms with Crippen LogP contribution in [0, 0.1) is 0 Å². The third kappa shape index (κ3) is 7.84. The molecule has 0 aromatic rings. The Bertz CT molecular complexity index is 291. The van der Waals surface area contributed by atoms with Gasteiger partial charge in [0.15, 0.2) is 0 Å². The first-order chi connectivity index (χ1) is 8.96. The van der Waals surface area contributed by atoms with E-state index >= 15 is 0 Å². The quantitative estimate of drug-likeness (QED) is 0.290. The molecule has 0 atom stereocenters. The summed E-state index contributed by atoms with van der Waals surface area (Å²) in [5, 5.41) is 0. The second-order valence-electron chi connectivity index (χ2n) is 4.53. The van der Waals surface area contributed by atoms with Crippen LogP contribution in [0.2, 0.25) is 0 Å². The molecule has 5 heteroatoms. The molecule has 2 nitrogen and oxygen atoms in total. The van der Waals surface area contributed by atoms with Crippen molar-refractivity contribution in [3.8, 4) is 0 Å². The van der Waals surface area contributed by atoms with E-state index < -0.39 is 11.9 Å². The molecule has 0 aliphatic heterocycles. The van der Waals surface area contributed by atoms with Crippen molar-refractivity contribution in [2.75, 3.05) is 7.11 Å². The van der Waals surface area contributed by atoms with Gasteiger partial charge in [-0.1, -0.05) is 51.5 Å². The van der Waals surface area contributed by atoms with Crippen LogP contribution in [0.15, 0.2) is 9.66 Å². The van der Waals surface area contributed by atoms with Gasteiger partial charge in [-0.15, -0.1) is 0 Å². The van der Waals surface area contributed by atoms with Gasteiger partial charge in [0, 0.05) is 0 Å². The first-order valence-corrected chi connectivity index (χ1v) is 7.87. The monoisotopic (exact) mass is 388 g/mol. The number of methoxy groups -OCH3 is 1. The maximum atomic E-state index is 13.4. The number of alkyl halides is 2. The predicted molar refractivity (Wildman–Crippen MR) is 81.7 cm³/mol. The Morgan fingerprint density at radius 1 is 1.16 bits per heavy atom. The Balaban J connectivity index is 3.84. The minimum atomic E-state index is -3.50. The molecule has 0 aliphatic carbocycles. The first kappa shape index (κ1) is 18.8. The van der Waals surface area contributed by atoms with Gasteiger partial charge in [-0.25, -0.2) is 4.79 Å². The van der Waals surface area contributed by atoms with E-state index in [0.29, 0.717) is 6.42 Å². The molecule has 0 fully saturated rings. The van der Waals surface area contributed by atoms with Gasteiger partial charge < -0.3 is 4.74 Å². The van der Waals surface area contributed by atoms with E-state index in [1.165, 1.54) is 54.4 Å². The Kier molecular flexibility index (Phi) is 10.5. The van der Waals surface area contributed by atoms with Crippen molar-refractivity contribution in [2.45, 2.75) is 64.2 Å².